The Kier molecular flexibility index (Phi) is 6.69. The number of nitrogens with zero attached hydrogens (tertiary/aromatic N) is 3. The average molecular weight is 396 g/mol. The van der Waals surface area contributed by atoms with Crippen molar-refractivity contribution in [2.45, 2.75) is 57.6 Å². The van der Waals surface area contributed by atoms with Gasteiger partial charge in [-0.05, 0) is 45.2 Å². The molecule has 0 aromatic carbocycles. The molecule has 1 aliphatic rings. The van der Waals surface area contributed by atoms with E-state index in [9.17, 15) is 18.5 Å². The SMILES string of the molecule is CC[C@H](C)N(C(=O)CSc1nc(C)cc(C)c1C#N)[C@H]1CCS(=O)(=O)C1. The van der Waals surface area contributed by atoms with E-state index in [0.717, 1.165) is 17.7 Å². The third-order valence-corrected chi connectivity index (χ3v) is 7.42. The molecule has 0 spiro atoms. The number of carbonyl (C=O) groups is 1. The van der Waals surface area contributed by atoms with Gasteiger partial charge < -0.3 is 4.90 Å². The van der Waals surface area contributed by atoms with Gasteiger partial charge in [0, 0.05) is 17.8 Å². The lowest BCUT2D eigenvalue weighted by atomic mass is 10.1. The molecule has 1 amide bonds. The number of nitriles is 1. The van der Waals surface area contributed by atoms with Crippen molar-refractivity contribution in [2.24, 2.45) is 0 Å². The van der Waals surface area contributed by atoms with Gasteiger partial charge in [0.25, 0.3) is 0 Å². The zero-order valence-corrected chi connectivity index (χ0v) is 17.3. The predicted octanol–water partition coefficient (Wildman–Crippen LogP) is 2.48. The van der Waals surface area contributed by atoms with Crippen molar-refractivity contribution >= 4 is 27.5 Å². The fourth-order valence-electron chi connectivity index (χ4n) is 3.25. The van der Waals surface area contributed by atoms with E-state index in [2.05, 4.69) is 11.1 Å². The zero-order chi connectivity index (χ0) is 19.5. The Morgan fingerprint density at radius 1 is 1.50 bits per heavy atom. The number of amides is 1. The van der Waals surface area contributed by atoms with Gasteiger partial charge in [0.2, 0.25) is 5.91 Å². The van der Waals surface area contributed by atoms with E-state index in [1.54, 1.807) is 4.90 Å². The van der Waals surface area contributed by atoms with Gasteiger partial charge in [-0.15, -0.1) is 0 Å². The minimum Gasteiger partial charge on any atom is -0.335 e. The number of hydrogen-bond acceptors (Lipinski definition) is 6. The van der Waals surface area contributed by atoms with Gasteiger partial charge in [-0.3, -0.25) is 4.79 Å². The molecule has 1 aromatic heterocycles. The third kappa shape index (κ3) is 4.77. The Bertz CT molecular complexity index is 831. The number of aryl methyl sites for hydroxylation is 2. The van der Waals surface area contributed by atoms with Crippen molar-refractivity contribution in [2.75, 3.05) is 17.3 Å². The molecule has 0 aliphatic carbocycles. The summed E-state index contributed by atoms with van der Waals surface area (Å²) in [6, 6.07) is 3.72. The summed E-state index contributed by atoms with van der Waals surface area (Å²) in [4.78, 5) is 19.0. The monoisotopic (exact) mass is 395 g/mol. The van der Waals surface area contributed by atoms with Crippen molar-refractivity contribution in [1.82, 2.24) is 9.88 Å². The fourth-order valence-corrected chi connectivity index (χ4v) is 5.93. The maximum absolute atomic E-state index is 12.9. The Labute approximate surface area is 159 Å². The van der Waals surface area contributed by atoms with E-state index < -0.39 is 9.84 Å². The minimum atomic E-state index is -3.06. The summed E-state index contributed by atoms with van der Waals surface area (Å²) in [5.74, 6) is 0.225. The molecular weight excluding hydrogens is 370 g/mol. The van der Waals surface area contributed by atoms with Crippen LogP contribution in [-0.4, -0.2) is 53.6 Å². The number of sulfone groups is 1. The normalized spacial score (nSPS) is 19.7. The summed E-state index contributed by atoms with van der Waals surface area (Å²) < 4.78 is 23.7. The Hall–Kier alpha value is -1.59. The van der Waals surface area contributed by atoms with Crippen LogP contribution in [0.1, 0.15) is 43.5 Å². The first-order valence-electron chi connectivity index (χ1n) is 8.71. The van der Waals surface area contributed by atoms with Gasteiger partial charge in [-0.1, -0.05) is 18.7 Å². The van der Waals surface area contributed by atoms with Crippen LogP contribution in [0.15, 0.2) is 11.1 Å². The minimum absolute atomic E-state index is 0.0240. The molecule has 1 aromatic rings. The lowest BCUT2D eigenvalue weighted by Crippen LogP contribution is -2.47. The Morgan fingerprint density at radius 2 is 2.19 bits per heavy atom. The molecule has 26 heavy (non-hydrogen) atoms. The second-order valence-electron chi connectivity index (χ2n) is 6.78. The van der Waals surface area contributed by atoms with E-state index in [1.165, 1.54) is 11.8 Å². The van der Waals surface area contributed by atoms with Gasteiger partial charge in [0.15, 0.2) is 9.84 Å². The van der Waals surface area contributed by atoms with Gasteiger partial charge in [0.05, 0.1) is 22.8 Å². The van der Waals surface area contributed by atoms with E-state index in [-0.39, 0.29) is 35.2 Å². The largest absolute Gasteiger partial charge is 0.335 e. The van der Waals surface area contributed by atoms with Crippen LogP contribution in [0.25, 0.3) is 0 Å². The number of hydrogen-bond donors (Lipinski definition) is 0. The van der Waals surface area contributed by atoms with E-state index >= 15 is 0 Å². The van der Waals surface area contributed by atoms with Crippen LogP contribution in [0.5, 0.6) is 0 Å². The molecule has 0 N–H and O–H groups in total. The third-order valence-electron chi connectivity index (χ3n) is 4.71. The maximum Gasteiger partial charge on any atom is 0.233 e. The molecule has 8 heteroatoms. The molecule has 1 fully saturated rings. The first-order valence-corrected chi connectivity index (χ1v) is 11.5. The van der Waals surface area contributed by atoms with E-state index in [4.69, 9.17) is 0 Å². The molecule has 0 saturated carbocycles. The molecular formula is C18H25N3O3S2. The molecule has 2 rings (SSSR count). The second kappa shape index (κ2) is 8.40. The number of aromatic nitrogens is 1. The summed E-state index contributed by atoms with van der Waals surface area (Å²) >= 11 is 1.25. The van der Waals surface area contributed by atoms with Crippen LogP contribution in [0.4, 0.5) is 0 Å². The van der Waals surface area contributed by atoms with Gasteiger partial charge in [0.1, 0.15) is 11.1 Å². The molecule has 0 radical (unpaired) electrons. The lowest BCUT2D eigenvalue weighted by Gasteiger charge is -2.33. The van der Waals surface area contributed by atoms with Crippen LogP contribution in [-0.2, 0) is 14.6 Å². The van der Waals surface area contributed by atoms with Crippen molar-refractivity contribution < 1.29 is 13.2 Å². The molecule has 1 saturated heterocycles. The highest BCUT2D eigenvalue weighted by Gasteiger charge is 2.36. The van der Waals surface area contributed by atoms with Gasteiger partial charge in [-0.2, -0.15) is 5.26 Å². The molecule has 6 nitrogen and oxygen atoms in total. The van der Waals surface area contributed by atoms with E-state index in [0.29, 0.717) is 17.0 Å². The Balaban J connectivity index is 2.17. The van der Waals surface area contributed by atoms with Crippen LogP contribution in [0.2, 0.25) is 0 Å². The topological polar surface area (TPSA) is 91.1 Å². The highest BCUT2D eigenvalue weighted by molar-refractivity contribution is 8.00. The Morgan fingerprint density at radius 3 is 2.73 bits per heavy atom. The maximum atomic E-state index is 12.9. The van der Waals surface area contributed by atoms with Crippen molar-refractivity contribution in [3.05, 3.63) is 22.9 Å². The first kappa shape index (κ1) is 20.7. The van der Waals surface area contributed by atoms with Crippen molar-refractivity contribution in [3.63, 3.8) is 0 Å². The summed E-state index contributed by atoms with van der Waals surface area (Å²) in [6.07, 6.45) is 1.26. The standard InChI is InChI=1S/C18H25N3O3S2/c1-5-14(4)21(15-6-7-26(23,24)11-15)17(22)10-25-18-16(9-19)12(2)8-13(3)20-18/h8,14-15H,5-7,10-11H2,1-4H3/t14-,15-/m0/s1. The van der Waals surface area contributed by atoms with Gasteiger partial charge in [-0.25, -0.2) is 13.4 Å². The fraction of sp³-hybridized carbons (Fsp3) is 0.611. The smallest absolute Gasteiger partial charge is 0.233 e. The number of pyridine rings is 1. The summed E-state index contributed by atoms with van der Waals surface area (Å²) in [7, 11) is -3.06. The number of carbonyl (C=O) groups excluding carboxylic acids is 1. The van der Waals surface area contributed by atoms with Crippen molar-refractivity contribution in [1.29, 1.82) is 5.26 Å². The summed E-state index contributed by atoms with van der Waals surface area (Å²) in [5.41, 5.74) is 2.14. The molecule has 1 aliphatic heterocycles. The van der Waals surface area contributed by atoms with Crippen LogP contribution >= 0.6 is 11.8 Å². The van der Waals surface area contributed by atoms with E-state index in [1.807, 2.05) is 33.8 Å². The number of rotatable bonds is 6. The first-order chi connectivity index (χ1) is 12.2. The van der Waals surface area contributed by atoms with Crippen molar-refractivity contribution in [3.8, 4) is 6.07 Å². The predicted molar refractivity (Wildman–Crippen MR) is 103 cm³/mol. The molecule has 0 unspecified atom stereocenters. The van der Waals surface area contributed by atoms with Crippen LogP contribution in [0, 0.1) is 25.2 Å². The molecule has 142 valence electrons. The van der Waals surface area contributed by atoms with Gasteiger partial charge >= 0.3 is 0 Å². The summed E-state index contributed by atoms with van der Waals surface area (Å²) in [6.45, 7) is 7.65. The van der Waals surface area contributed by atoms with Crippen LogP contribution in [0.3, 0.4) is 0 Å². The highest BCUT2D eigenvalue weighted by atomic mass is 32.2. The molecule has 2 heterocycles. The zero-order valence-electron chi connectivity index (χ0n) is 15.7. The average Bonchev–Trinajstić information content (AvgIpc) is 2.92. The molecule has 0 bridgehead atoms. The summed E-state index contributed by atoms with van der Waals surface area (Å²) in [5, 5.41) is 9.91. The second-order valence-corrected chi connectivity index (χ2v) is 9.97. The van der Waals surface area contributed by atoms with Crippen LogP contribution < -0.4 is 0 Å². The molecule has 2 atom stereocenters. The quantitative estimate of drug-likeness (QED) is 0.687. The highest BCUT2D eigenvalue weighted by Crippen LogP contribution is 2.26. The number of thioether (sulfide) groups is 1. The lowest BCUT2D eigenvalue weighted by molar-refractivity contribution is -0.132.